The molecule has 3 atom stereocenters. The van der Waals surface area contributed by atoms with Gasteiger partial charge in [0.2, 0.25) is 0 Å². The summed E-state index contributed by atoms with van der Waals surface area (Å²) in [5, 5.41) is 14.7. The maximum Gasteiger partial charge on any atom is 0.408 e. The lowest BCUT2D eigenvalue weighted by Gasteiger charge is -2.30. The van der Waals surface area contributed by atoms with Crippen molar-refractivity contribution in [2.45, 2.75) is 51.5 Å². The fourth-order valence-corrected chi connectivity index (χ4v) is 2.76. The van der Waals surface area contributed by atoms with E-state index in [-0.39, 0.29) is 13.0 Å². The van der Waals surface area contributed by atoms with E-state index in [0.717, 1.165) is 5.56 Å². The minimum atomic E-state index is -1.08. The molecular formula is C20H26N2O6. The van der Waals surface area contributed by atoms with Crippen LogP contribution in [0.4, 0.5) is 9.59 Å². The average molecular weight is 390 g/mol. The van der Waals surface area contributed by atoms with Crippen molar-refractivity contribution < 1.29 is 29.0 Å². The molecule has 8 nitrogen and oxygen atoms in total. The van der Waals surface area contributed by atoms with Gasteiger partial charge in [-0.3, -0.25) is 4.79 Å². The van der Waals surface area contributed by atoms with Crippen molar-refractivity contribution in [2.75, 3.05) is 0 Å². The van der Waals surface area contributed by atoms with Crippen molar-refractivity contribution in [3.63, 3.8) is 0 Å². The monoisotopic (exact) mass is 390 g/mol. The number of amides is 2. The Balaban J connectivity index is 1.91. The molecule has 2 rings (SSSR count). The zero-order valence-electron chi connectivity index (χ0n) is 16.2. The van der Waals surface area contributed by atoms with Gasteiger partial charge in [-0.2, -0.15) is 0 Å². The molecule has 0 saturated carbocycles. The Labute approximate surface area is 163 Å². The summed E-state index contributed by atoms with van der Waals surface area (Å²) in [6, 6.07) is 7.92. The minimum Gasteiger partial charge on any atom is -0.481 e. The predicted octanol–water partition coefficient (Wildman–Crippen LogP) is 2.84. The number of benzene rings is 1. The predicted molar refractivity (Wildman–Crippen MR) is 102 cm³/mol. The smallest absolute Gasteiger partial charge is 0.408 e. The van der Waals surface area contributed by atoms with Crippen LogP contribution in [0.5, 0.6) is 0 Å². The second-order valence-corrected chi connectivity index (χ2v) is 7.55. The highest BCUT2D eigenvalue weighted by molar-refractivity contribution is 5.75. The van der Waals surface area contributed by atoms with Gasteiger partial charge in [0.05, 0.1) is 18.0 Å². The Morgan fingerprint density at radius 2 is 1.75 bits per heavy atom. The summed E-state index contributed by atoms with van der Waals surface area (Å²) >= 11 is 0. The van der Waals surface area contributed by atoms with Crippen LogP contribution in [0.1, 0.15) is 32.8 Å². The van der Waals surface area contributed by atoms with Gasteiger partial charge in [0.1, 0.15) is 12.2 Å². The molecule has 0 bridgehead atoms. The third-order valence-corrected chi connectivity index (χ3v) is 4.01. The Bertz CT molecular complexity index is 726. The molecule has 0 spiro atoms. The van der Waals surface area contributed by atoms with E-state index in [0.29, 0.717) is 0 Å². The lowest BCUT2D eigenvalue weighted by Crippen LogP contribution is -2.49. The lowest BCUT2D eigenvalue weighted by molar-refractivity contribution is -0.142. The Morgan fingerprint density at radius 3 is 2.36 bits per heavy atom. The third kappa shape index (κ3) is 6.94. The number of hydrogen-bond donors (Lipinski definition) is 3. The molecule has 3 N–H and O–H groups in total. The molecule has 0 aromatic heterocycles. The molecule has 1 aliphatic carbocycles. The number of nitrogens with one attached hydrogen (secondary N) is 2. The average Bonchev–Trinajstić information content (AvgIpc) is 2.60. The molecule has 0 aliphatic heterocycles. The molecule has 8 heteroatoms. The van der Waals surface area contributed by atoms with Gasteiger partial charge in [-0.25, -0.2) is 9.59 Å². The Hall–Kier alpha value is -3.03. The molecular weight excluding hydrogens is 364 g/mol. The number of alkyl carbamates (subject to hydrolysis) is 2. The minimum absolute atomic E-state index is 0.0870. The first-order chi connectivity index (χ1) is 13.1. The van der Waals surface area contributed by atoms with E-state index in [1.54, 1.807) is 32.9 Å². The fourth-order valence-electron chi connectivity index (χ4n) is 2.76. The van der Waals surface area contributed by atoms with Gasteiger partial charge < -0.3 is 25.2 Å². The second kappa shape index (κ2) is 9.25. The highest BCUT2D eigenvalue weighted by atomic mass is 16.6. The van der Waals surface area contributed by atoms with E-state index in [2.05, 4.69) is 10.6 Å². The molecule has 0 heterocycles. The van der Waals surface area contributed by atoms with Crippen LogP contribution in [0.3, 0.4) is 0 Å². The van der Waals surface area contributed by atoms with Gasteiger partial charge in [0.25, 0.3) is 0 Å². The van der Waals surface area contributed by atoms with Gasteiger partial charge in [-0.15, -0.1) is 0 Å². The van der Waals surface area contributed by atoms with Crippen LogP contribution in [-0.4, -0.2) is 40.9 Å². The number of carboxylic acid groups (broad SMARTS) is 1. The molecule has 28 heavy (non-hydrogen) atoms. The lowest BCUT2D eigenvalue weighted by atomic mass is 9.87. The zero-order valence-corrected chi connectivity index (χ0v) is 16.2. The fraction of sp³-hybridized carbons (Fsp3) is 0.450. The van der Waals surface area contributed by atoms with E-state index < -0.39 is 41.8 Å². The van der Waals surface area contributed by atoms with Crippen molar-refractivity contribution in [2.24, 2.45) is 5.92 Å². The van der Waals surface area contributed by atoms with Crippen molar-refractivity contribution in [3.8, 4) is 0 Å². The summed E-state index contributed by atoms with van der Waals surface area (Å²) < 4.78 is 10.3. The Morgan fingerprint density at radius 1 is 1.07 bits per heavy atom. The molecule has 1 aromatic rings. The van der Waals surface area contributed by atoms with Crippen LogP contribution in [0.25, 0.3) is 0 Å². The maximum atomic E-state index is 12.0. The first-order valence-corrected chi connectivity index (χ1v) is 9.02. The van der Waals surface area contributed by atoms with Crippen molar-refractivity contribution in [1.29, 1.82) is 0 Å². The third-order valence-electron chi connectivity index (χ3n) is 4.01. The van der Waals surface area contributed by atoms with Crippen LogP contribution >= 0.6 is 0 Å². The first kappa shape index (κ1) is 21.3. The molecule has 152 valence electrons. The van der Waals surface area contributed by atoms with Crippen LogP contribution < -0.4 is 10.6 Å². The van der Waals surface area contributed by atoms with Crippen molar-refractivity contribution in [3.05, 3.63) is 48.0 Å². The van der Waals surface area contributed by atoms with Gasteiger partial charge in [-0.1, -0.05) is 42.5 Å². The second-order valence-electron chi connectivity index (χ2n) is 7.55. The summed E-state index contributed by atoms with van der Waals surface area (Å²) in [5.74, 6) is -1.98. The SMILES string of the molecule is CC(C)(C)OC(=O)N[C@@H]1C=C[C@@H](NC(=O)OCc2ccccc2)[C@H](C(=O)O)C1. The summed E-state index contributed by atoms with van der Waals surface area (Å²) in [4.78, 5) is 35.5. The quantitative estimate of drug-likeness (QED) is 0.666. The van der Waals surface area contributed by atoms with Crippen LogP contribution in [-0.2, 0) is 20.9 Å². The number of carbonyl (C=O) groups is 3. The highest BCUT2D eigenvalue weighted by Gasteiger charge is 2.34. The molecule has 0 unspecified atom stereocenters. The first-order valence-electron chi connectivity index (χ1n) is 9.02. The van der Waals surface area contributed by atoms with Gasteiger partial charge in [-0.05, 0) is 32.8 Å². The van der Waals surface area contributed by atoms with Gasteiger partial charge >= 0.3 is 18.2 Å². The van der Waals surface area contributed by atoms with Gasteiger partial charge in [0.15, 0.2) is 0 Å². The largest absolute Gasteiger partial charge is 0.481 e. The van der Waals surface area contributed by atoms with Crippen LogP contribution in [0.2, 0.25) is 0 Å². The van der Waals surface area contributed by atoms with Crippen molar-refractivity contribution in [1.82, 2.24) is 10.6 Å². The molecule has 0 saturated heterocycles. The number of rotatable bonds is 5. The maximum absolute atomic E-state index is 12.0. The normalized spacial score (nSPS) is 21.5. The molecule has 2 amide bonds. The van der Waals surface area contributed by atoms with E-state index in [1.165, 1.54) is 0 Å². The number of carbonyl (C=O) groups excluding carboxylic acids is 2. The van der Waals surface area contributed by atoms with Crippen LogP contribution in [0.15, 0.2) is 42.5 Å². The topological polar surface area (TPSA) is 114 Å². The number of aliphatic carboxylic acids is 1. The van der Waals surface area contributed by atoms with E-state index >= 15 is 0 Å². The van der Waals surface area contributed by atoms with Crippen molar-refractivity contribution >= 4 is 18.2 Å². The summed E-state index contributed by atoms with van der Waals surface area (Å²) in [6.45, 7) is 5.31. The van der Waals surface area contributed by atoms with E-state index in [4.69, 9.17) is 9.47 Å². The van der Waals surface area contributed by atoms with Gasteiger partial charge in [0, 0.05) is 0 Å². The Kier molecular flexibility index (Phi) is 7.03. The molecule has 1 aromatic carbocycles. The number of ether oxygens (including phenoxy) is 2. The van der Waals surface area contributed by atoms with Crippen LogP contribution in [0, 0.1) is 5.92 Å². The summed E-state index contributed by atoms with van der Waals surface area (Å²) in [5.41, 5.74) is 0.176. The van der Waals surface area contributed by atoms with E-state index in [9.17, 15) is 19.5 Å². The standard InChI is InChI=1S/C20H26N2O6/c1-20(2,3)28-19(26)21-14-9-10-16(15(11-14)17(23)24)22-18(25)27-12-13-7-5-4-6-8-13/h4-10,14-16H,11-12H2,1-3H3,(H,21,26)(H,22,25)(H,23,24)/t14-,15-,16-/m1/s1. The highest BCUT2D eigenvalue weighted by Crippen LogP contribution is 2.21. The molecule has 1 aliphatic rings. The summed E-state index contributed by atoms with van der Waals surface area (Å²) in [7, 11) is 0. The summed E-state index contributed by atoms with van der Waals surface area (Å²) in [6.07, 6.45) is 1.98. The number of hydrogen-bond acceptors (Lipinski definition) is 5. The molecule has 0 radical (unpaired) electrons. The molecule has 0 fully saturated rings. The van der Waals surface area contributed by atoms with E-state index in [1.807, 2.05) is 30.3 Å². The zero-order chi connectivity index (χ0) is 20.7. The number of carboxylic acids is 1.